The van der Waals surface area contributed by atoms with E-state index in [0.717, 1.165) is 5.69 Å². The van der Waals surface area contributed by atoms with Gasteiger partial charge in [-0.15, -0.1) is 0 Å². The maximum absolute atomic E-state index is 5.74. The van der Waals surface area contributed by atoms with E-state index in [4.69, 9.17) is 20.2 Å². The molecule has 172 valence electrons. The van der Waals surface area contributed by atoms with Crippen LogP contribution in [0.25, 0.3) is 16.7 Å². The van der Waals surface area contributed by atoms with Gasteiger partial charge in [0.1, 0.15) is 28.7 Å². The molecule has 34 heavy (non-hydrogen) atoms. The normalized spacial score (nSPS) is 11.7. The molecule has 0 atom stereocenters. The number of hydrogen-bond acceptors (Lipinski definition) is 10. The summed E-state index contributed by atoms with van der Waals surface area (Å²) in [7, 11) is 4.88. The SMILES string of the molecule is CN=CC(=CN)c1cnc2ccc(N(Cc3ncccn3)c3cc(OC)cc(OC)c3)nc2n1. The second kappa shape index (κ2) is 10.3. The van der Waals surface area contributed by atoms with E-state index >= 15 is 0 Å². The fourth-order valence-electron chi connectivity index (χ4n) is 3.32. The average Bonchev–Trinajstić information content (AvgIpc) is 2.90. The van der Waals surface area contributed by atoms with Gasteiger partial charge in [0.25, 0.3) is 0 Å². The van der Waals surface area contributed by atoms with Gasteiger partial charge in [0.15, 0.2) is 5.65 Å². The van der Waals surface area contributed by atoms with E-state index in [1.165, 1.54) is 6.20 Å². The minimum Gasteiger partial charge on any atom is -0.497 e. The summed E-state index contributed by atoms with van der Waals surface area (Å²) in [5.74, 6) is 2.54. The van der Waals surface area contributed by atoms with Crippen LogP contribution < -0.4 is 20.1 Å². The topological polar surface area (TPSA) is 125 Å². The number of fused-ring (bicyclic) bond motifs is 1. The summed E-state index contributed by atoms with van der Waals surface area (Å²) < 4.78 is 10.9. The van der Waals surface area contributed by atoms with Gasteiger partial charge in [-0.1, -0.05) is 0 Å². The zero-order valence-electron chi connectivity index (χ0n) is 19.1. The molecule has 0 aliphatic heterocycles. The van der Waals surface area contributed by atoms with E-state index < -0.39 is 0 Å². The first-order chi connectivity index (χ1) is 16.6. The van der Waals surface area contributed by atoms with Crippen LogP contribution in [0.3, 0.4) is 0 Å². The molecule has 0 saturated carbocycles. The third-order valence-corrected chi connectivity index (χ3v) is 4.98. The molecule has 4 rings (SSSR count). The van der Waals surface area contributed by atoms with E-state index in [-0.39, 0.29) is 0 Å². The summed E-state index contributed by atoms with van der Waals surface area (Å²) in [6.45, 7) is 0.360. The summed E-state index contributed by atoms with van der Waals surface area (Å²) in [6, 6.07) is 11.1. The Labute approximate surface area is 196 Å². The highest BCUT2D eigenvalue weighted by atomic mass is 16.5. The molecule has 0 aliphatic carbocycles. The third kappa shape index (κ3) is 4.90. The molecule has 0 spiro atoms. The van der Waals surface area contributed by atoms with Crippen molar-refractivity contribution in [3.63, 3.8) is 0 Å². The van der Waals surface area contributed by atoms with Gasteiger partial charge in [0.2, 0.25) is 0 Å². The maximum atomic E-state index is 5.74. The van der Waals surface area contributed by atoms with Crippen LogP contribution in [0.4, 0.5) is 11.5 Å². The molecule has 10 heteroatoms. The Balaban J connectivity index is 1.84. The Morgan fingerprint density at radius 1 is 1.03 bits per heavy atom. The number of nitrogens with two attached hydrogens (primary N) is 1. The Morgan fingerprint density at radius 2 is 1.76 bits per heavy atom. The summed E-state index contributed by atoms with van der Waals surface area (Å²) >= 11 is 0. The van der Waals surface area contributed by atoms with Gasteiger partial charge in [0.05, 0.1) is 38.3 Å². The number of ether oxygens (including phenoxy) is 2. The van der Waals surface area contributed by atoms with E-state index in [1.54, 1.807) is 52.1 Å². The molecule has 10 nitrogen and oxygen atoms in total. The fourth-order valence-corrected chi connectivity index (χ4v) is 3.32. The van der Waals surface area contributed by atoms with Crippen molar-refractivity contribution in [2.24, 2.45) is 10.7 Å². The number of anilines is 2. The van der Waals surface area contributed by atoms with Crippen LogP contribution in [0.1, 0.15) is 11.5 Å². The number of hydrogen-bond donors (Lipinski definition) is 1. The average molecular weight is 457 g/mol. The van der Waals surface area contributed by atoms with Gasteiger partial charge >= 0.3 is 0 Å². The van der Waals surface area contributed by atoms with Crippen LogP contribution in [0.5, 0.6) is 11.5 Å². The molecule has 0 fully saturated rings. The lowest BCUT2D eigenvalue weighted by Crippen LogP contribution is -2.19. The van der Waals surface area contributed by atoms with Crippen molar-refractivity contribution in [1.82, 2.24) is 24.9 Å². The standard InChI is InChI=1S/C24H24N8O2/c1-26-13-16(12-25)21-14-29-20-5-6-23(31-24(20)30-21)32(15-22-27-7-4-8-28-22)17-9-18(33-2)11-19(10-17)34-3/h4-14H,15,25H2,1-3H3. The van der Waals surface area contributed by atoms with Crippen LogP contribution in [0.2, 0.25) is 0 Å². The van der Waals surface area contributed by atoms with Crippen molar-refractivity contribution in [3.8, 4) is 11.5 Å². The minimum absolute atomic E-state index is 0.360. The van der Waals surface area contributed by atoms with Gasteiger partial charge in [-0.25, -0.2) is 19.9 Å². The maximum Gasteiger partial charge on any atom is 0.180 e. The first-order valence-electron chi connectivity index (χ1n) is 10.4. The van der Waals surface area contributed by atoms with Gasteiger partial charge in [-0.3, -0.25) is 9.98 Å². The molecule has 0 radical (unpaired) electrons. The number of methoxy groups -OCH3 is 2. The molecule has 0 saturated heterocycles. The van der Waals surface area contributed by atoms with E-state index in [0.29, 0.717) is 52.1 Å². The van der Waals surface area contributed by atoms with Crippen LogP contribution >= 0.6 is 0 Å². The highest BCUT2D eigenvalue weighted by Gasteiger charge is 2.17. The van der Waals surface area contributed by atoms with Crippen LogP contribution in [0.15, 0.2) is 66.2 Å². The number of allylic oxidation sites excluding steroid dienone is 1. The predicted molar refractivity (Wildman–Crippen MR) is 131 cm³/mol. The quantitative estimate of drug-likeness (QED) is 0.398. The summed E-state index contributed by atoms with van der Waals surface area (Å²) in [4.78, 5) is 28.7. The van der Waals surface area contributed by atoms with E-state index in [2.05, 4.69) is 24.9 Å². The number of nitrogens with zero attached hydrogens (tertiary/aromatic N) is 7. The van der Waals surface area contributed by atoms with Gasteiger partial charge in [-0.2, -0.15) is 0 Å². The molecular weight excluding hydrogens is 432 g/mol. The second-order valence-corrected chi connectivity index (χ2v) is 7.10. The molecule has 1 aromatic carbocycles. The molecule has 3 heterocycles. The molecular formula is C24H24N8O2. The number of benzene rings is 1. The van der Waals surface area contributed by atoms with Gasteiger partial charge in [-0.05, 0) is 18.2 Å². The third-order valence-electron chi connectivity index (χ3n) is 4.98. The highest BCUT2D eigenvalue weighted by molar-refractivity contribution is 6.09. The van der Waals surface area contributed by atoms with Crippen molar-refractivity contribution in [2.45, 2.75) is 6.54 Å². The smallest absolute Gasteiger partial charge is 0.180 e. The first kappa shape index (κ1) is 22.6. The number of rotatable bonds is 8. The predicted octanol–water partition coefficient (Wildman–Crippen LogP) is 3.17. The highest BCUT2D eigenvalue weighted by Crippen LogP contribution is 2.33. The monoisotopic (exact) mass is 456 g/mol. The van der Waals surface area contributed by atoms with Crippen molar-refractivity contribution in [2.75, 3.05) is 26.2 Å². The zero-order valence-corrected chi connectivity index (χ0v) is 19.1. The molecule has 0 bridgehead atoms. The number of pyridine rings is 1. The molecule has 0 unspecified atom stereocenters. The Morgan fingerprint density at radius 3 is 2.41 bits per heavy atom. The largest absolute Gasteiger partial charge is 0.497 e. The molecule has 0 amide bonds. The molecule has 0 aliphatic rings. The Hall–Kier alpha value is -4.60. The van der Waals surface area contributed by atoms with Crippen molar-refractivity contribution in [3.05, 3.63) is 72.7 Å². The number of aromatic nitrogens is 5. The van der Waals surface area contributed by atoms with Crippen LogP contribution in [0, 0.1) is 0 Å². The lowest BCUT2D eigenvalue weighted by atomic mass is 10.2. The lowest BCUT2D eigenvalue weighted by molar-refractivity contribution is 0.394. The van der Waals surface area contributed by atoms with Crippen molar-refractivity contribution in [1.29, 1.82) is 0 Å². The minimum atomic E-state index is 0.360. The van der Waals surface area contributed by atoms with Crippen molar-refractivity contribution >= 4 is 34.5 Å². The van der Waals surface area contributed by atoms with Gasteiger partial charge < -0.3 is 20.1 Å². The lowest BCUT2D eigenvalue weighted by Gasteiger charge is -2.24. The second-order valence-electron chi connectivity index (χ2n) is 7.10. The molecule has 2 N–H and O–H groups in total. The molecule has 3 aromatic heterocycles. The Bertz CT molecular complexity index is 1320. The summed E-state index contributed by atoms with van der Waals surface area (Å²) in [5, 5.41) is 0. The number of aliphatic imine (C=N–C) groups is 1. The Kier molecular flexibility index (Phi) is 6.87. The molecule has 4 aromatic rings. The van der Waals surface area contributed by atoms with E-state index in [9.17, 15) is 0 Å². The summed E-state index contributed by atoms with van der Waals surface area (Å²) in [5.41, 5.74) is 8.87. The van der Waals surface area contributed by atoms with Gasteiger partial charge in [0, 0.05) is 55.6 Å². The van der Waals surface area contributed by atoms with Crippen LogP contribution in [-0.4, -0.2) is 52.4 Å². The van der Waals surface area contributed by atoms with E-state index in [1.807, 2.05) is 35.2 Å². The first-order valence-corrected chi connectivity index (χ1v) is 10.4. The van der Waals surface area contributed by atoms with Crippen LogP contribution in [-0.2, 0) is 6.54 Å². The summed E-state index contributed by atoms with van der Waals surface area (Å²) in [6.07, 6.45) is 8.12. The fraction of sp³-hybridized carbons (Fsp3) is 0.167. The zero-order chi connectivity index (χ0) is 23.9. The van der Waals surface area contributed by atoms with Crippen molar-refractivity contribution < 1.29 is 9.47 Å².